The molecule has 2 amide bonds. The summed E-state index contributed by atoms with van der Waals surface area (Å²) in [6, 6.07) is 0. The first-order chi connectivity index (χ1) is 11.6. The fourth-order valence-electron chi connectivity index (χ4n) is 3.64. The number of carbonyl (C=O) groups is 2. The minimum Gasteiger partial charge on any atom is -0.444 e. The Labute approximate surface area is 149 Å². The Morgan fingerprint density at radius 2 is 2.16 bits per heavy atom. The van der Waals surface area contributed by atoms with Crippen molar-refractivity contribution >= 4 is 12.0 Å². The second-order valence-corrected chi connectivity index (χ2v) is 8.17. The topological polar surface area (TPSA) is 99.1 Å². The molecule has 0 bridgehead atoms. The molecule has 0 aromatic carbocycles. The number of aliphatic hydroxyl groups excluding tert-OH is 2. The number of ether oxygens (including phenoxy) is 1. The SMILES string of the molecule is C=CC(O)CNC(=O)C1CC2(CCCN(C(=O)OC(C)(C)C)C2)C1O. The Bertz CT molecular complexity index is 530. The van der Waals surface area contributed by atoms with Gasteiger partial charge in [-0.3, -0.25) is 4.79 Å². The lowest BCUT2D eigenvalue weighted by Crippen LogP contribution is -2.64. The summed E-state index contributed by atoms with van der Waals surface area (Å²) in [5, 5.41) is 22.6. The average Bonchev–Trinajstić information content (AvgIpc) is 2.55. The van der Waals surface area contributed by atoms with E-state index in [4.69, 9.17) is 4.74 Å². The lowest BCUT2D eigenvalue weighted by Gasteiger charge is -2.55. The quantitative estimate of drug-likeness (QED) is 0.656. The molecule has 3 N–H and O–H groups in total. The molecule has 7 heteroatoms. The predicted octanol–water partition coefficient (Wildman–Crippen LogP) is 1.05. The van der Waals surface area contributed by atoms with Crippen LogP contribution in [0.5, 0.6) is 0 Å². The molecule has 2 fully saturated rings. The van der Waals surface area contributed by atoms with Gasteiger partial charge in [-0.1, -0.05) is 6.08 Å². The van der Waals surface area contributed by atoms with E-state index >= 15 is 0 Å². The second-order valence-electron chi connectivity index (χ2n) is 8.17. The number of piperidine rings is 1. The maximum absolute atomic E-state index is 12.3. The Balaban J connectivity index is 1.91. The van der Waals surface area contributed by atoms with Crippen molar-refractivity contribution in [2.24, 2.45) is 11.3 Å². The number of carbonyl (C=O) groups excluding carboxylic acids is 2. The summed E-state index contributed by atoms with van der Waals surface area (Å²) in [5.41, 5.74) is -0.997. The molecule has 25 heavy (non-hydrogen) atoms. The van der Waals surface area contributed by atoms with E-state index in [1.807, 2.05) is 20.8 Å². The summed E-state index contributed by atoms with van der Waals surface area (Å²) < 4.78 is 5.41. The van der Waals surface area contributed by atoms with E-state index in [0.717, 1.165) is 12.8 Å². The third-order valence-electron chi connectivity index (χ3n) is 4.99. The standard InChI is InChI=1S/C18H30N2O5/c1-5-12(21)10-19-15(23)13-9-18(14(13)22)7-6-8-20(11-18)16(24)25-17(2,3)4/h5,12-14,21-22H,1,6-11H2,2-4H3,(H,19,23). The molecule has 1 spiro atoms. The molecule has 2 aliphatic rings. The summed E-state index contributed by atoms with van der Waals surface area (Å²) in [7, 11) is 0. The van der Waals surface area contributed by atoms with Crippen molar-refractivity contribution in [3.05, 3.63) is 12.7 Å². The molecule has 4 unspecified atom stereocenters. The van der Waals surface area contributed by atoms with Gasteiger partial charge in [0, 0.05) is 25.0 Å². The summed E-state index contributed by atoms with van der Waals surface area (Å²) in [5.74, 6) is -0.774. The molecule has 0 radical (unpaired) electrons. The van der Waals surface area contributed by atoms with Crippen molar-refractivity contribution in [1.82, 2.24) is 10.2 Å². The largest absolute Gasteiger partial charge is 0.444 e. The molecule has 7 nitrogen and oxygen atoms in total. The minimum absolute atomic E-state index is 0.0859. The number of aliphatic hydroxyl groups is 2. The summed E-state index contributed by atoms with van der Waals surface area (Å²) in [4.78, 5) is 26.1. The van der Waals surface area contributed by atoms with Crippen LogP contribution in [0, 0.1) is 11.3 Å². The minimum atomic E-state index is -0.799. The van der Waals surface area contributed by atoms with Gasteiger partial charge in [-0.15, -0.1) is 6.58 Å². The first kappa shape index (κ1) is 19.7. The van der Waals surface area contributed by atoms with Gasteiger partial charge in [-0.25, -0.2) is 4.79 Å². The highest BCUT2D eigenvalue weighted by atomic mass is 16.6. The zero-order valence-electron chi connectivity index (χ0n) is 15.3. The average molecular weight is 354 g/mol. The van der Waals surface area contributed by atoms with Crippen molar-refractivity contribution < 1.29 is 24.5 Å². The molecule has 2 rings (SSSR count). The molecule has 1 aliphatic heterocycles. The van der Waals surface area contributed by atoms with E-state index in [-0.39, 0.29) is 18.5 Å². The lowest BCUT2D eigenvalue weighted by atomic mass is 9.56. The fourth-order valence-corrected chi connectivity index (χ4v) is 3.64. The third kappa shape index (κ3) is 4.52. The highest BCUT2D eigenvalue weighted by Crippen LogP contribution is 2.51. The Kier molecular flexibility index (Phi) is 5.79. The molecular weight excluding hydrogens is 324 g/mol. The predicted molar refractivity (Wildman–Crippen MR) is 92.8 cm³/mol. The monoisotopic (exact) mass is 354 g/mol. The highest BCUT2D eigenvalue weighted by molar-refractivity contribution is 5.81. The molecule has 1 saturated carbocycles. The first-order valence-electron chi connectivity index (χ1n) is 8.82. The van der Waals surface area contributed by atoms with Crippen LogP contribution in [0.15, 0.2) is 12.7 Å². The van der Waals surface area contributed by atoms with Gasteiger partial charge in [0.1, 0.15) is 5.60 Å². The number of hydrogen-bond acceptors (Lipinski definition) is 5. The van der Waals surface area contributed by atoms with Gasteiger partial charge in [-0.05, 0) is 40.0 Å². The van der Waals surface area contributed by atoms with Crippen molar-refractivity contribution in [2.75, 3.05) is 19.6 Å². The van der Waals surface area contributed by atoms with E-state index in [1.54, 1.807) is 4.90 Å². The van der Waals surface area contributed by atoms with Crippen LogP contribution in [-0.4, -0.2) is 64.6 Å². The highest BCUT2D eigenvalue weighted by Gasteiger charge is 2.57. The van der Waals surface area contributed by atoms with Crippen molar-refractivity contribution in [2.45, 2.75) is 57.8 Å². The number of nitrogens with zero attached hydrogens (tertiary/aromatic N) is 1. The van der Waals surface area contributed by atoms with Gasteiger partial charge in [0.15, 0.2) is 0 Å². The fraction of sp³-hybridized carbons (Fsp3) is 0.778. The molecule has 1 aliphatic carbocycles. The van der Waals surface area contributed by atoms with Crippen LogP contribution >= 0.6 is 0 Å². The van der Waals surface area contributed by atoms with Crippen LogP contribution in [0.25, 0.3) is 0 Å². The van der Waals surface area contributed by atoms with Gasteiger partial charge in [0.05, 0.1) is 18.1 Å². The van der Waals surface area contributed by atoms with E-state index in [0.29, 0.717) is 19.5 Å². The van der Waals surface area contributed by atoms with Gasteiger partial charge in [0.2, 0.25) is 5.91 Å². The Hall–Kier alpha value is -1.60. The Morgan fingerprint density at radius 3 is 2.72 bits per heavy atom. The molecule has 0 aromatic rings. The van der Waals surface area contributed by atoms with Gasteiger partial charge in [0.25, 0.3) is 0 Å². The molecule has 142 valence electrons. The summed E-state index contributed by atoms with van der Waals surface area (Å²) in [6.07, 6.45) is 1.47. The van der Waals surface area contributed by atoms with Gasteiger partial charge < -0.3 is 25.2 Å². The maximum atomic E-state index is 12.3. The number of hydrogen-bond donors (Lipinski definition) is 3. The van der Waals surface area contributed by atoms with Crippen LogP contribution in [0.4, 0.5) is 4.79 Å². The third-order valence-corrected chi connectivity index (χ3v) is 4.99. The van der Waals surface area contributed by atoms with Crippen LogP contribution in [-0.2, 0) is 9.53 Å². The van der Waals surface area contributed by atoms with Crippen molar-refractivity contribution in [3.63, 3.8) is 0 Å². The maximum Gasteiger partial charge on any atom is 0.410 e. The molecule has 1 heterocycles. The van der Waals surface area contributed by atoms with E-state index in [9.17, 15) is 19.8 Å². The van der Waals surface area contributed by atoms with Crippen molar-refractivity contribution in [3.8, 4) is 0 Å². The van der Waals surface area contributed by atoms with E-state index < -0.39 is 29.1 Å². The van der Waals surface area contributed by atoms with E-state index in [1.165, 1.54) is 6.08 Å². The smallest absolute Gasteiger partial charge is 0.410 e. The molecular formula is C18H30N2O5. The zero-order chi connectivity index (χ0) is 18.8. The summed E-state index contributed by atoms with van der Waals surface area (Å²) in [6.45, 7) is 10.0. The summed E-state index contributed by atoms with van der Waals surface area (Å²) >= 11 is 0. The number of amides is 2. The molecule has 0 aromatic heterocycles. The first-order valence-corrected chi connectivity index (χ1v) is 8.82. The van der Waals surface area contributed by atoms with Crippen LogP contribution < -0.4 is 5.32 Å². The van der Waals surface area contributed by atoms with Gasteiger partial charge in [-0.2, -0.15) is 0 Å². The lowest BCUT2D eigenvalue weighted by molar-refractivity contribution is -0.168. The van der Waals surface area contributed by atoms with Crippen LogP contribution in [0.3, 0.4) is 0 Å². The number of likely N-dealkylation sites (tertiary alicyclic amines) is 1. The Morgan fingerprint density at radius 1 is 1.48 bits per heavy atom. The number of rotatable bonds is 4. The molecule has 1 saturated heterocycles. The molecule has 4 atom stereocenters. The zero-order valence-corrected chi connectivity index (χ0v) is 15.3. The van der Waals surface area contributed by atoms with Crippen molar-refractivity contribution in [1.29, 1.82) is 0 Å². The second kappa shape index (κ2) is 7.33. The van der Waals surface area contributed by atoms with Crippen LogP contribution in [0.2, 0.25) is 0 Å². The van der Waals surface area contributed by atoms with Gasteiger partial charge >= 0.3 is 6.09 Å². The normalized spacial score (nSPS) is 30.4. The van der Waals surface area contributed by atoms with Crippen LogP contribution in [0.1, 0.15) is 40.0 Å². The van der Waals surface area contributed by atoms with E-state index in [2.05, 4.69) is 11.9 Å². The number of nitrogens with one attached hydrogen (secondary N) is 1.